The van der Waals surface area contributed by atoms with E-state index in [0.717, 1.165) is 6.54 Å². The highest BCUT2D eigenvalue weighted by atomic mass is 16.2. The lowest BCUT2D eigenvalue weighted by molar-refractivity contribution is -0.131. The normalized spacial score (nSPS) is 23.4. The molecule has 0 unspecified atom stereocenters. The highest BCUT2D eigenvalue weighted by molar-refractivity contribution is 5.78. The van der Waals surface area contributed by atoms with Crippen molar-refractivity contribution in [1.82, 2.24) is 9.80 Å². The zero-order chi connectivity index (χ0) is 11.5. The molecule has 0 spiro atoms. The molecule has 16 heavy (non-hydrogen) atoms. The molecule has 1 heterocycles. The van der Waals surface area contributed by atoms with Gasteiger partial charge in [0.15, 0.2) is 0 Å². The molecular weight excluding hydrogens is 202 g/mol. The van der Waals surface area contributed by atoms with E-state index in [4.69, 9.17) is 5.73 Å². The molecule has 1 saturated carbocycles. The van der Waals surface area contributed by atoms with Gasteiger partial charge in [0.2, 0.25) is 5.91 Å². The van der Waals surface area contributed by atoms with Crippen LogP contribution in [0, 0.1) is 5.92 Å². The van der Waals surface area contributed by atoms with Crippen LogP contribution in [-0.4, -0.2) is 55.0 Å². The summed E-state index contributed by atoms with van der Waals surface area (Å²) in [5.41, 5.74) is 5.47. The Morgan fingerprint density at radius 3 is 2.44 bits per heavy atom. The molecule has 0 radical (unpaired) electrons. The van der Waals surface area contributed by atoms with E-state index < -0.39 is 0 Å². The van der Waals surface area contributed by atoms with E-state index in [0.29, 0.717) is 12.0 Å². The lowest BCUT2D eigenvalue weighted by atomic mass is 9.96. The third kappa shape index (κ3) is 2.95. The number of rotatable bonds is 4. The number of hydrogen-bond donors (Lipinski definition) is 1. The Hall–Kier alpha value is -0.610. The molecule has 0 bridgehead atoms. The average Bonchev–Trinajstić information content (AvgIpc) is 3.11. The second-order valence-corrected chi connectivity index (χ2v) is 5.23. The van der Waals surface area contributed by atoms with Gasteiger partial charge < -0.3 is 15.5 Å². The molecule has 1 saturated heterocycles. The van der Waals surface area contributed by atoms with Crippen LogP contribution in [0.4, 0.5) is 0 Å². The van der Waals surface area contributed by atoms with Crippen molar-refractivity contribution in [2.24, 2.45) is 11.7 Å². The molecule has 0 aromatic carbocycles. The molecule has 92 valence electrons. The van der Waals surface area contributed by atoms with E-state index in [2.05, 4.69) is 11.9 Å². The first-order chi connectivity index (χ1) is 7.70. The number of hydrogen-bond acceptors (Lipinski definition) is 3. The van der Waals surface area contributed by atoms with Gasteiger partial charge in [-0.2, -0.15) is 0 Å². The van der Waals surface area contributed by atoms with Crippen molar-refractivity contribution in [2.45, 2.75) is 31.7 Å². The van der Waals surface area contributed by atoms with Gasteiger partial charge in [-0.1, -0.05) is 0 Å². The Morgan fingerprint density at radius 2 is 1.94 bits per heavy atom. The Balaban J connectivity index is 1.83. The van der Waals surface area contributed by atoms with Crippen LogP contribution in [0.5, 0.6) is 0 Å². The summed E-state index contributed by atoms with van der Waals surface area (Å²) >= 11 is 0. The zero-order valence-electron chi connectivity index (χ0n) is 10.2. The van der Waals surface area contributed by atoms with Gasteiger partial charge in [0.1, 0.15) is 0 Å². The predicted molar refractivity (Wildman–Crippen MR) is 64.0 cm³/mol. The lowest BCUT2D eigenvalue weighted by Crippen LogP contribution is -2.43. The van der Waals surface area contributed by atoms with E-state index in [9.17, 15) is 4.79 Å². The third-order valence-electron chi connectivity index (χ3n) is 3.78. The van der Waals surface area contributed by atoms with Crippen molar-refractivity contribution >= 4 is 5.91 Å². The van der Waals surface area contributed by atoms with Crippen LogP contribution >= 0.6 is 0 Å². The molecule has 0 aromatic heterocycles. The maximum Gasteiger partial charge on any atom is 0.236 e. The molecule has 2 rings (SSSR count). The number of carbonyl (C=O) groups is 1. The van der Waals surface area contributed by atoms with E-state index in [1.807, 2.05) is 4.90 Å². The van der Waals surface area contributed by atoms with Gasteiger partial charge in [-0.15, -0.1) is 0 Å². The van der Waals surface area contributed by atoms with Gasteiger partial charge in [0.05, 0.1) is 6.54 Å². The Labute approximate surface area is 97.8 Å². The standard InChI is InChI=1S/C12H23N3O/c1-14-6-4-10(5-7-14)9-15(11-2-3-11)12(16)8-13/h10-11H,2-9,13H2,1H3. The number of likely N-dealkylation sites (tertiary alicyclic amines) is 1. The van der Waals surface area contributed by atoms with Crippen molar-refractivity contribution < 1.29 is 4.79 Å². The second-order valence-electron chi connectivity index (χ2n) is 5.23. The monoisotopic (exact) mass is 225 g/mol. The molecule has 0 atom stereocenters. The smallest absolute Gasteiger partial charge is 0.236 e. The quantitative estimate of drug-likeness (QED) is 0.747. The third-order valence-corrected chi connectivity index (χ3v) is 3.78. The minimum absolute atomic E-state index is 0.140. The maximum absolute atomic E-state index is 11.7. The molecular formula is C12H23N3O. The van der Waals surface area contributed by atoms with Gasteiger partial charge in [0, 0.05) is 12.6 Å². The van der Waals surface area contributed by atoms with Gasteiger partial charge in [0.25, 0.3) is 0 Å². The van der Waals surface area contributed by atoms with Crippen molar-refractivity contribution in [3.05, 3.63) is 0 Å². The molecule has 1 amide bonds. The van der Waals surface area contributed by atoms with E-state index >= 15 is 0 Å². The summed E-state index contributed by atoms with van der Waals surface area (Å²) in [4.78, 5) is 16.1. The fourth-order valence-electron chi connectivity index (χ4n) is 2.48. The van der Waals surface area contributed by atoms with Crippen molar-refractivity contribution in [3.8, 4) is 0 Å². The highest BCUT2D eigenvalue weighted by Gasteiger charge is 2.33. The minimum atomic E-state index is 0.140. The molecule has 2 fully saturated rings. The first-order valence-electron chi connectivity index (χ1n) is 6.38. The number of nitrogens with two attached hydrogens (primary N) is 1. The summed E-state index contributed by atoms with van der Waals surface area (Å²) in [7, 11) is 2.17. The fourth-order valence-corrected chi connectivity index (χ4v) is 2.48. The van der Waals surface area contributed by atoms with E-state index in [1.165, 1.54) is 38.8 Å². The van der Waals surface area contributed by atoms with Crippen LogP contribution in [-0.2, 0) is 4.79 Å². The molecule has 2 aliphatic rings. The first-order valence-corrected chi connectivity index (χ1v) is 6.38. The average molecular weight is 225 g/mol. The molecule has 0 aromatic rings. The highest BCUT2D eigenvalue weighted by Crippen LogP contribution is 2.29. The van der Waals surface area contributed by atoms with Crippen LogP contribution in [0.1, 0.15) is 25.7 Å². The maximum atomic E-state index is 11.7. The molecule has 4 heteroatoms. The molecule has 1 aliphatic carbocycles. The zero-order valence-corrected chi connectivity index (χ0v) is 10.2. The number of piperidine rings is 1. The number of nitrogens with zero attached hydrogens (tertiary/aromatic N) is 2. The van der Waals surface area contributed by atoms with E-state index in [-0.39, 0.29) is 12.5 Å². The first kappa shape index (κ1) is 11.9. The minimum Gasteiger partial charge on any atom is -0.338 e. The van der Waals surface area contributed by atoms with Gasteiger partial charge in [-0.3, -0.25) is 4.79 Å². The predicted octanol–water partition coefficient (Wildman–Crippen LogP) is 0.278. The van der Waals surface area contributed by atoms with Crippen LogP contribution in [0.2, 0.25) is 0 Å². The number of carbonyl (C=O) groups excluding carboxylic acids is 1. The summed E-state index contributed by atoms with van der Waals surface area (Å²) in [6.45, 7) is 3.44. The van der Waals surface area contributed by atoms with Crippen LogP contribution in [0.3, 0.4) is 0 Å². The van der Waals surface area contributed by atoms with Crippen LogP contribution < -0.4 is 5.73 Å². The largest absolute Gasteiger partial charge is 0.338 e. The summed E-state index contributed by atoms with van der Waals surface area (Å²) in [6.07, 6.45) is 4.80. The van der Waals surface area contributed by atoms with Gasteiger partial charge in [-0.05, 0) is 51.7 Å². The summed E-state index contributed by atoms with van der Waals surface area (Å²) in [5.74, 6) is 0.828. The van der Waals surface area contributed by atoms with Gasteiger partial charge in [-0.25, -0.2) is 0 Å². The topological polar surface area (TPSA) is 49.6 Å². The Kier molecular flexibility index (Phi) is 3.82. The number of amides is 1. The van der Waals surface area contributed by atoms with Crippen LogP contribution in [0.15, 0.2) is 0 Å². The summed E-state index contributed by atoms with van der Waals surface area (Å²) in [5, 5.41) is 0. The molecule has 1 aliphatic heterocycles. The summed E-state index contributed by atoms with van der Waals surface area (Å²) in [6, 6.07) is 0.510. The molecule has 4 nitrogen and oxygen atoms in total. The van der Waals surface area contributed by atoms with Crippen LogP contribution in [0.25, 0.3) is 0 Å². The SMILES string of the molecule is CN1CCC(CN(C(=O)CN)C2CC2)CC1. The van der Waals surface area contributed by atoms with Gasteiger partial charge >= 0.3 is 0 Å². The Bertz CT molecular complexity index is 245. The second kappa shape index (κ2) is 5.15. The fraction of sp³-hybridized carbons (Fsp3) is 0.917. The molecule has 2 N–H and O–H groups in total. The van der Waals surface area contributed by atoms with Crippen molar-refractivity contribution in [1.29, 1.82) is 0 Å². The lowest BCUT2D eigenvalue weighted by Gasteiger charge is -2.33. The van der Waals surface area contributed by atoms with Crippen molar-refractivity contribution in [3.63, 3.8) is 0 Å². The van der Waals surface area contributed by atoms with Crippen molar-refractivity contribution in [2.75, 3.05) is 33.2 Å². The summed E-state index contributed by atoms with van der Waals surface area (Å²) < 4.78 is 0. The van der Waals surface area contributed by atoms with E-state index in [1.54, 1.807) is 0 Å². The Morgan fingerprint density at radius 1 is 1.31 bits per heavy atom.